The number of amides is 2. The molecule has 146 valence electrons. The van der Waals surface area contributed by atoms with Crippen molar-refractivity contribution in [1.29, 1.82) is 0 Å². The van der Waals surface area contributed by atoms with E-state index in [2.05, 4.69) is 25.3 Å². The summed E-state index contributed by atoms with van der Waals surface area (Å²) in [6, 6.07) is 7.78. The summed E-state index contributed by atoms with van der Waals surface area (Å²) in [5, 5.41) is 10.3. The van der Waals surface area contributed by atoms with Gasteiger partial charge in [0, 0.05) is 37.9 Å². The fraction of sp³-hybridized carbons (Fsp3) is 0.368. The van der Waals surface area contributed by atoms with Gasteiger partial charge >= 0.3 is 6.03 Å². The molecule has 4 rings (SSSR count). The summed E-state index contributed by atoms with van der Waals surface area (Å²) in [4.78, 5) is 25.6. The second kappa shape index (κ2) is 7.59. The van der Waals surface area contributed by atoms with E-state index in [4.69, 9.17) is 0 Å². The van der Waals surface area contributed by atoms with E-state index in [0.717, 1.165) is 41.1 Å². The van der Waals surface area contributed by atoms with Gasteiger partial charge in [-0.2, -0.15) is 5.10 Å². The quantitative estimate of drug-likeness (QED) is 0.735. The van der Waals surface area contributed by atoms with Crippen LogP contribution in [0.3, 0.4) is 0 Å². The minimum Gasteiger partial charge on any atom is -0.353 e. The van der Waals surface area contributed by atoms with E-state index < -0.39 is 0 Å². The number of aryl methyl sites for hydroxylation is 3. The molecule has 0 aliphatic carbocycles. The Morgan fingerprint density at radius 2 is 1.82 bits per heavy atom. The van der Waals surface area contributed by atoms with E-state index in [1.54, 1.807) is 0 Å². The van der Waals surface area contributed by atoms with Crippen LogP contribution in [0, 0.1) is 20.8 Å². The molecule has 1 fully saturated rings. The molecular formula is C19H23N7OS. The maximum atomic E-state index is 12.4. The lowest BCUT2D eigenvalue weighted by Crippen LogP contribution is -2.50. The number of anilines is 2. The molecule has 8 nitrogen and oxygen atoms in total. The fourth-order valence-electron chi connectivity index (χ4n) is 3.34. The molecule has 3 aromatic rings. The van der Waals surface area contributed by atoms with Gasteiger partial charge in [-0.15, -0.1) is 11.3 Å². The number of nitrogens with zero attached hydrogens (tertiary/aromatic N) is 6. The van der Waals surface area contributed by atoms with Crippen molar-refractivity contribution in [3.63, 3.8) is 0 Å². The van der Waals surface area contributed by atoms with Gasteiger partial charge in [0.1, 0.15) is 11.6 Å². The van der Waals surface area contributed by atoms with Gasteiger partial charge < -0.3 is 9.80 Å². The van der Waals surface area contributed by atoms with Crippen molar-refractivity contribution < 1.29 is 4.79 Å². The highest BCUT2D eigenvalue weighted by Crippen LogP contribution is 2.20. The van der Waals surface area contributed by atoms with Crippen molar-refractivity contribution in [3.8, 4) is 5.82 Å². The van der Waals surface area contributed by atoms with Crippen molar-refractivity contribution in [2.45, 2.75) is 20.8 Å². The lowest BCUT2D eigenvalue weighted by Gasteiger charge is -2.35. The Balaban J connectivity index is 1.46. The molecule has 3 aromatic heterocycles. The predicted molar refractivity (Wildman–Crippen MR) is 110 cm³/mol. The van der Waals surface area contributed by atoms with Crippen LogP contribution in [0.15, 0.2) is 29.6 Å². The Labute approximate surface area is 167 Å². The van der Waals surface area contributed by atoms with Crippen LogP contribution in [0.5, 0.6) is 0 Å². The zero-order chi connectivity index (χ0) is 19.7. The van der Waals surface area contributed by atoms with Gasteiger partial charge in [0.25, 0.3) is 0 Å². The molecule has 9 heteroatoms. The second-order valence-corrected chi connectivity index (χ2v) is 7.80. The fourth-order valence-corrected chi connectivity index (χ4v) is 3.95. The lowest BCUT2D eigenvalue weighted by molar-refractivity contribution is 0.208. The minimum absolute atomic E-state index is 0.0516. The molecule has 4 heterocycles. The Bertz CT molecular complexity index is 974. The number of nitrogens with one attached hydrogen (secondary N) is 1. The number of carbonyl (C=O) groups is 1. The van der Waals surface area contributed by atoms with Crippen LogP contribution in [-0.4, -0.2) is 56.9 Å². The molecule has 0 spiro atoms. The zero-order valence-electron chi connectivity index (χ0n) is 16.2. The van der Waals surface area contributed by atoms with Crippen molar-refractivity contribution in [3.05, 3.63) is 46.9 Å². The second-order valence-electron chi connectivity index (χ2n) is 6.85. The number of hydrogen-bond acceptors (Lipinski definition) is 6. The van der Waals surface area contributed by atoms with E-state index in [-0.39, 0.29) is 6.03 Å². The molecule has 0 atom stereocenters. The molecule has 0 saturated carbocycles. The zero-order valence-corrected chi connectivity index (χ0v) is 17.0. The van der Waals surface area contributed by atoms with E-state index >= 15 is 0 Å². The van der Waals surface area contributed by atoms with Crippen molar-refractivity contribution >= 4 is 28.2 Å². The maximum absolute atomic E-state index is 12.4. The maximum Gasteiger partial charge on any atom is 0.322 e. The molecule has 1 N–H and O–H groups in total. The molecule has 0 bridgehead atoms. The summed E-state index contributed by atoms with van der Waals surface area (Å²) in [7, 11) is 0. The number of rotatable bonds is 3. The van der Waals surface area contributed by atoms with Crippen LogP contribution >= 0.6 is 11.3 Å². The van der Waals surface area contributed by atoms with Gasteiger partial charge in [-0.1, -0.05) is 0 Å². The van der Waals surface area contributed by atoms with Crippen LogP contribution in [0.1, 0.15) is 17.2 Å². The van der Waals surface area contributed by atoms with Crippen LogP contribution < -0.4 is 10.2 Å². The number of carbonyl (C=O) groups excluding carboxylic acids is 1. The first-order chi connectivity index (χ1) is 13.5. The van der Waals surface area contributed by atoms with Crippen LogP contribution in [0.4, 0.5) is 15.6 Å². The third kappa shape index (κ3) is 3.84. The first kappa shape index (κ1) is 18.4. The Hall–Kier alpha value is -2.94. The Morgan fingerprint density at radius 3 is 2.46 bits per heavy atom. The average Bonchev–Trinajstić information content (AvgIpc) is 3.30. The summed E-state index contributed by atoms with van der Waals surface area (Å²) in [5.74, 6) is 2.34. The molecule has 0 aromatic carbocycles. The van der Waals surface area contributed by atoms with Crippen LogP contribution in [0.25, 0.3) is 5.82 Å². The highest BCUT2D eigenvalue weighted by molar-refractivity contribution is 7.14. The highest BCUT2D eigenvalue weighted by atomic mass is 32.1. The normalized spacial score (nSPS) is 14.4. The van der Waals surface area contributed by atoms with E-state index in [0.29, 0.717) is 18.9 Å². The average molecular weight is 398 g/mol. The van der Waals surface area contributed by atoms with Crippen LogP contribution in [-0.2, 0) is 0 Å². The number of urea groups is 1. The number of hydrogen-bond donors (Lipinski definition) is 1. The van der Waals surface area contributed by atoms with Gasteiger partial charge in [0.15, 0.2) is 5.82 Å². The van der Waals surface area contributed by atoms with Gasteiger partial charge in [-0.3, -0.25) is 5.32 Å². The topological polar surface area (TPSA) is 79.2 Å². The molecule has 1 saturated heterocycles. The molecule has 2 amide bonds. The van der Waals surface area contributed by atoms with Crippen molar-refractivity contribution in [2.75, 3.05) is 36.4 Å². The molecule has 28 heavy (non-hydrogen) atoms. The summed E-state index contributed by atoms with van der Waals surface area (Å²) in [5.41, 5.74) is 2.00. The lowest BCUT2D eigenvalue weighted by atomic mass is 10.3. The van der Waals surface area contributed by atoms with E-state index in [1.165, 1.54) is 11.3 Å². The Morgan fingerprint density at radius 1 is 1.07 bits per heavy atom. The van der Waals surface area contributed by atoms with Crippen molar-refractivity contribution in [1.82, 2.24) is 24.6 Å². The third-order valence-corrected chi connectivity index (χ3v) is 5.46. The smallest absolute Gasteiger partial charge is 0.322 e. The highest BCUT2D eigenvalue weighted by Gasteiger charge is 2.23. The van der Waals surface area contributed by atoms with Gasteiger partial charge in [0.05, 0.1) is 10.7 Å². The first-order valence-corrected chi connectivity index (χ1v) is 10.1. The van der Waals surface area contributed by atoms with Crippen LogP contribution in [0.2, 0.25) is 0 Å². The van der Waals surface area contributed by atoms with Gasteiger partial charge in [0.2, 0.25) is 0 Å². The predicted octanol–water partition coefficient (Wildman–Crippen LogP) is 3.00. The van der Waals surface area contributed by atoms with E-state index in [9.17, 15) is 4.79 Å². The SMILES string of the molecule is Cc1cc(C)n(-c2cc(N3CCN(C(=O)Nc4cccs4)CC3)nc(C)n2)n1. The van der Waals surface area contributed by atoms with Gasteiger partial charge in [-0.25, -0.2) is 19.4 Å². The minimum atomic E-state index is -0.0516. The summed E-state index contributed by atoms with van der Waals surface area (Å²) in [6.07, 6.45) is 0. The Kier molecular flexibility index (Phi) is 4.99. The van der Waals surface area contributed by atoms with Gasteiger partial charge in [-0.05, 0) is 44.4 Å². The number of aromatic nitrogens is 4. The molecule has 1 aliphatic rings. The summed E-state index contributed by atoms with van der Waals surface area (Å²) < 4.78 is 1.85. The number of piperazine rings is 1. The summed E-state index contributed by atoms with van der Waals surface area (Å²) in [6.45, 7) is 8.63. The standard InChI is InChI=1S/C19H23N7OS/c1-13-11-14(2)26(23-13)17-12-16(20-15(3)21-17)24-6-8-25(9-7-24)19(27)22-18-5-4-10-28-18/h4-5,10-12H,6-9H2,1-3H3,(H,22,27). The summed E-state index contributed by atoms with van der Waals surface area (Å²) >= 11 is 1.52. The molecule has 0 radical (unpaired) electrons. The molecule has 0 unspecified atom stereocenters. The van der Waals surface area contributed by atoms with Crippen molar-refractivity contribution in [2.24, 2.45) is 0 Å². The molecular weight excluding hydrogens is 374 g/mol. The van der Waals surface area contributed by atoms with E-state index in [1.807, 2.05) is 60.0 Å². The number of thiophene rings is 1. The first-order valence-electron chi connectivity index (χ1n) is 9.23. The molecule has 1 aliphatic heterocycles. The largest absolute Gasteiger partial charge is 0.353 e. The monoisotopic (exact) mass is 397 g/mol. The third-order valence-electron chi connectivity index (χ3n) is 4.68.